The van der Waals surface area contributed by atoms with Crippen molar-refractivity contribution in [2.24, 2.45) is 5.92 Å². The Morgan fingerprint density at radius 1 is 1.60 bits per heavy atom. The van der Waals surface area contributed by atoms with Crippen LogP contribution in [0.5, 0.6) is 0 Å². The van der Waals surface area contributed by atoms with Crippen molar-refractivity contribution in [1.82, 2.24) is 10.2 Å². The largest absolute Gasteiger partial charge is 0.395 e. The first-order chi connectivity index (χ1) is 7.27. The van der Waals surface area contributed by atoms with Crippen LogP contribution in [0.2, 0.25) is 0 Å². The minimum absolute atomic E-state index is 0.168. The molecule has 86 valence electrons. The van der Waals surface area contributed by atoms with Gasteiger partial charge in [0.2, 0.25) is 5.91 Å². The summed E-state index contributed by atoms with van der Waals surface area (Å²) in [5.41, 5.74) is 0. The number of hydrogen-bond acceptors (Lipinski definition) is 3. The van der Waals surface area contributed by atoms with Gasteiger partial charge in [-0.3, -0.25) is 4.79 Å². The predicted octanol–water partition coefficient (Wildman–Crippen LogP) is -0.00710. The first-order valence-electron chi connectivity index (χ1n) is 5.50. The van der Waals surface area contributed by atoms with E-state index < -0.39 is 0 Å². The van der Waals surface area contributed by atoms with E-state index in [1.807, 2.05) is 11.0 Å². The number of carbonyl (C=O) groups excluding carboxylic acids is 1. The standard InChI is InChI=1S/C11H20N2O2/c1-2-10-8-11(15)13(9-10)6-3-4-12-5-7-14/h2,10,12,14H,1,3-9H2. The zero-order valence-corrected chi connectivity index (χ0v) is 9.11. The van der Waals surface area contributed by atoms with Gasteiger partial charge in [0.1, 0.15) is 0 Å². The Bertz CT molecular complexity index is 219. The molecule has 1 amide bonds. The number of nitrogens with one attached hydrogen (secondary N) is 1. The molecule has 4 nitrogen and oxygen atoms in total. The molecule has 1 unspecified atom stereocenters. The van der Waals surface area contributed by atoms with E-state index >= 15 is 0 Å². The SMILES string of the molecule is C=CC1CC(=O)N(CCCNCCO)C1. The van der Waals surface area contributed by atoms with E-state index in [-0.39, 0.29) is 12.5 Å². The lowest BCUT2D eigenvalue weighted by Gasteiger charge is -2.15. The Labute approximate surface area is 91.0 Å². The molecule has 0 spiro atoms. The van der Waals surface area contributed by atoms with Gasteiger partial charge < -0.3 is 15.3 Å². The van der Waals surface area contributed by atoms with E-state index in [0.29, 0.717) is 18.9 Å². The first kappa shape index (κ1) is 12.2. The lowest BCUT2D eigenvalue weighted by molar-refractivity contribution is -0.127. The van der Waals surface area contributed by atoms with Gasteiger partial charge in [-0.05, 0) is 13.0 Å². The fourth-order valence-electron chi connectivity index (χ4n) is 1.78. The Kier molecular flexibility index (Phi) is 5.36. The highest BCUT2D eigenvalue weighted by atomic mass is 16.3. The van der Waals surface area contributed by atoms with Gasteiger partial charge in [0, 0.05) is 32.0 Å². The first-order valence-corrected chi connectivity index (χ1v) is 5.50. The van der Waals surface area contributed by atoms with Crippen molar-refractivity contribution in [2.75, 3.05) is 32.8 Å². The summed E-state index contributed by atoms with van der Waals surface area (Å²) in [4.78, 5) is 13.4. The van der Waals surface area contributed by atoms with E-state index in [0.717, 1.165) is 26.1 Å². The molecule has 0 bridgehead atoms. The third kappa shape index (κ3) is 4.01. The Balaban J connectivity index is 2.11. The number of nitrogens with zero attached hydrogens (tertiary/aromatic N) is 1. The average molecular weight is 212 g/mol. The van der Waals surface area contributed by atoms with E-state index in [4.69, 9.17) is 5.11 Å². The van der Waals surface area contributed by atoms with Crippen molar-refractivity contribution in [2.45, 2.75) is 12.8 Å². The molecule has 0 aromatic carbocycles. The maximum atomic E-state index is 11.5. The summed E-state index contributed by atoms with van der Waals surface area (Å²) < 4.78 is 0. The number of likely N-dealkylation sites (tertiary alicyclic amines) is 1. The van der Waals surface area contributed by atoms with Crippen LogP contribution in [0.25, 0.3) is 0 Å². The van der Waals surface area contributed by atoms with Crippen LogP contribution in [0.4, 0.5) is 0 Å². The predicted molar refractivity (Wildman–Crippen MR) is 59.5 cm³/mol. The molecule has 2 N–H and O–H groups in total. The number of carbonyl (C=O) groups is 1. The summed E-state index contributed by atoms with van der Waals surface area (Å²) in [6.45, 7) is 6.99. The molecule has 0 aromatic rings. The van der Waals surface area contributed by atoms with Gasteiger partial charge in [-0.25, -0.2) is 0 Å². The Morgan fingerprint density at radius 3 is 3.00 bits per heavy atom. The third-order valence-corrected chi connectivity index (χ3v) is 2.65. The summed E-state index contributed by atoms with van der Waals surface area (Å²) in [6, 6.07) is 0. The second-order valence-corrected chi connectivity index (χ2v) is 3.87. The minimum atomic E-state index is 0.168. The van der Waals surface area contributed by atoms with Crippen LogP contribution in [-0.4, -0.2) is 48.7 Å². The van der Waals surface area contributed by atoms with Gasteiger partial charge in [-0.1, -0.05) is 6.08 Å². The van der Waals surface area contributed by atoms with Crippen LogP contribution < -0.4 is 5.32 Å². The van der Waals surface area contributed by atoms with E-state index in [1.54, 1.807) is 0 Å². The van der Waals surface area contributed by atoms with Crippen LogP contribution in [-0.2, 0) is 4.79 Å². The van der Waals surface area contributed by atoms with Crippen molar-refractivity contribution in [3.8, 4) is 0 Å². The van der Waals surface area contributed by atoms with Gasteiger partial charge in [-0.15, -0.1) is 6.58 Å². The van der Waals surface area contributed by atoms with E-state index in [2.05, 4.69) is 11.9 Å². The number of aliphatic hydroxyl groups is 1. The molecular weight excluding hydrogens is 192 g/mol. The van der Waals surface area contributed by atoms with E-state index in [1.165, 1.54) is 0 Å². The lowest BCUT2D eigenvalue weighted by Crippen LogP contribution is -2.29. The third-order valence-electron chi connectivity index (χ3n) is 2.65. The lowest BCUT2D eigenvalue weighted by atomic mass is 10.1. The van der Waals surface area contributed by atoms with Crippen LogP contribution in [0, 0.1) is 5.92 Å². The van der Waals surface area contributed by atoms with Crippen molar-refractivity contribution >= 4 is 5.91 Å². The summed E-state index contributed by atoms with van der Waals surface area (Å²) in [5.74, 6) is 0.574. The highest BCUT2D eigenvalue weighted by Gasteiger charge is 2.26. The zero-order valence-electron chi connectivity index (χ0n) is 9.11. The number of rotatable bonds is 7. The maximum absolute atomic E-state index is 11.5. The molecule has 0 aromatic heterocycles. The van der Waals surface area contributed by atoms with Crippen molar-refractivity contribution in [1.29, 1.82) is 0 Å². The number of amides is 1. The zero-order chi connectivity index (χ0) is 11.1. The molecule has 1 heterocycles. The molecule has 4 heteroatoms. The highest BCUT2D eigenvalue weighted by Crippen LogP contribution is 2.18. The smallest absolute Gasteiger partial charge is 0.223 e. The molecule has 1 atom stereocenters. The van der Waals surface area contributed by atoms with Gasteiger partial charge in [0.15, 0.2) is 0 Å². The topological polar surface area (TPSA) is 52.6 Å². The highest BCUT2D eigenvalue weighted by molar-refractivity contribution is 5.78. The van der Waals surface area contributed by atoms with Gasteiger partial charge in [-0.2, -0.15) is 0 Å². The molecule has 1 rings (SSSR count). The molecule has 0 aliphatic carbocycles. The fraction of sp³-hybridized carbons (Fsp3) is 0.727. The summed E-state index contributed by atoms with van der Waals surface area (Å²) >= 11 is 0. The second-order valence-electron chi connectivity index (χ2n) is 3.87. The quantitative estimate of drug-likeness (QED) is 0.461. The van der Waals surface area contributed by atoms with Crippen molar-refractivity contribution in [3.63, 3.8) is 0 Å². The Morgan fingerprint density at radius 2 is 2.40 bits per heavy atom. The summed E-state index contributed by atoms with van der Waals surface area (Å²) in [7, 11) is 0. The van der Waals surface area contributed by atoms with Crippen LogP contribution in [0.1, 0.15) is 12.8 Å². The number of hydrogen-bond donors (Lipinski definition) is 2. The summed E-state index contributed by atoms with van der Waals surface area (Å²) in [6.07, 6.45) is 3.42. The summed E-state index contributed by atoms with van der Waals surface area (Å²) in [5, 5.41) is 11.6. The van der Waals surface area contributed by atoms with Crippen molar-refractivity contribution < 1.29 is 9.90 Å². The molecular formula is C11H20N2O2. The molecule has 1 fully saturated rings. The minimum Gasteiger partial charge on any atom is -0.395 e. The van der Waals surface area contributed by atoms with Crippen LogP contribution >= 0.6 is 0 Å². The molecule has 15 heavy (non-hydrogen) atoms. The molecule has 1 aliphatic rings. The van der Waals surface area contributed by atoms with Gasteiger partial charge >= 0.3 is 0 Å². The Hall–Kier alpha value is -0.870. The van der Waals surface area contributed by atoms with Crippen LogP contribution in [0.15, 0.2) is 12.7 Å². The second kappa shape index (κ2) is 6.58. The fourth-order valence-corrected chi connectivity index (χ4v) is 1.78. The molecule has 0 saturated carbocycles. The van der Waals surface area contributed by atoms with Gasteiger partial charge in [0.05, 0.1) is 6.61 Å². The van der Waals surface area contributed by atoms with Gasteiger partial charge in [0.25, 0.3) is 0 Å². The number of aliphatic hydroxyl groups excluding tert-OH is 1. The molecule has 1 saturated heterocycles. The van der Waals surface area contributed by atoms with Crippen LogP contribution in [0.3, 0.4) is 0 Å². The normalized spacial score (nSPS) is 21.0. The molecule has 1 aliphatic heterocycles. The monoisotopic (exact) mass is 212 g/mol. The maximum Gasteiger partial charge on any atom is 0.223 e. The van der Waals surface area contributed by atoms with E-state index in [9.17, 15) is 4.79 Å². The van der Waals surface area contributed by atoms with Crippen molar-refractivity contribution in [3.05, 3.63) is 12.7 Å². The molecule has 0 radical (unpaired) electrons. The average Bonchev–Trinajstić information content (AvgIpc) is 2.59.